The molecule has 11 heteroatoms. The van der Waals surface area contributed by atoms with Crippen LogP contribution in [0.4, 0.5) is 11.6 Å². The van der Waals surface area contributed by atoms with Gasteiger partial charge in [-0.3, -0.25) is 4.90 Å². The normalized spacial score (nSPS) is 18.4. The Balaban J connectivity index is 1.31. The van der Waals surface area contributed by atoms with Crippen molar-refractivity contribution < 1.29 is 9.47 Å². The largest absolute Gasteiger partial charge is 0.490 e. The van der Waals surface area contributed by atoms with Gasteiger partial charge in [0, 0.05) is 94.7 Å². The van der Waals surface area contributed by atoms with Gasteiger partial charge in [-0.25, -0.2) is 19.6 Å². The molecule has 0 aliphatic carbocycles. The van der Waals surface area contributed by atoms with E-state index in [0.717, 1.165) is 55.2 Å². The zero-order valence-electron chi connectivity index (χ0n) is 23.0. The number of hydrogen-bond acceptors (Lipinski definition) is 9. The van der Waals surface area contributed by atoms with Crippen LogP contribution in [0, 0.1) is 0 Å². The second-order valence-corrected chi connectivity index (χ2v) is 10.4. The van der Waals surface area contributed by atoms with Crippen molar-refractivity contribution in [2.24, 2.45) is 14.1 Å². The van der Waals surface area contributed by atoms with Crippen molar-refractivity contribution >= 4 is 11.6 Å². The molecule has 6 rings (SSSR count). The van der Waals surface area contributed by atoms with Crippen LogP contribution in [0.2, 0.25) is 0 Å². The highest BCUT2D eigenvalue weighted by atomic mass is 16.5. The maximum atomic E-state index is 6.51. The van der Waals surface area contributed by atoms with Crippen molar-refractivity contribution in [2.75, 3.05) is 45.2 Å². The summed E-state index contributed by atoms with van der Waals surface area (Å²) in [6.07, 6.45) is 8.09. The van der Waals surface area contributed by atoms with Gasteiger partial charge in [0.15, 0.2) is 5.82 Å². The van der Waals surface area contributed by atoms with Crippen molar-refractivity contribution in [1.29, 1.82) is 0 Å². The van der Waals surface area contributed by atoms with Gasteiger partial charge in [-0.1, -0.05) is 0 Å². The van der Waals surface area contributed by atoms with Gasteiger partial charge in [0.05, 0.1) is 18.9 Å². The topological polar surface area (TPSA) is 98.4 Å². The lowest BCUT2D eigenvalue weighted by atomic mass is 10.1. The Kier molecular flexibility index (Phi) is 6.92. The third kappa shape index (κ3) is 5.45. The van der Waals surface area contributed by atoms with Gasteiger partial charge in [-0.15, -0.1) is 0 Å². The number of fused-ring (bicyclic) bond motifs is 6. The number of rotatable bonds is 3. The number of nitrogens with one attached hydrogen (secondary N) is 1. The smallest absolute Gasteiger partial charge is 0.222 e. The van der Waals surface area contributed by atoms with Crippen molar-refractivity contribution in [3.05, 3.63) is 48.7 Å². The van der Waals surface area contributed by atoms with Crippen molar-refractivity contribution in [3.8, 4) is 34.1 Å². The zero-order chi connectivity index (χ0) is 26.9. The molecule has 0 amide bonds. The molecule has 0 saturated carbocycles. The summed E-state index contributed by atoms with van der Waals surface area (Å²) >= 11 is 0. The summed E-state index contributed by atoms with van der Waals surface area (Å²) in [4.78, 5) is 18.8. The number of aryl methyl sites for hydroxylation is 2. The molecule has 2 aliphatic heterocycles. The standard InChI is InChI=1S/C28H35N9O2/c1-19-6-12-38-28-23(16-31-36(28)4)27-29-7-5-25(33-27)32-26-14-24(39-19)22(15-30-26)20-13-21(35(3)17-20)18-37-10-8-34(2)9-11-37/h5,7,13-17,19H,6,8-12,18H2,1-4H3,(H,29,30,32,33)/t19-/m0/s1. The molecular weight excluding hydrogens is 494 g/mol. The van der Waals surface area contributed by atoms with Gasteiger partial charge in [0.25, 0.3) is 0 Å². The monoisotopic (exact) mass is 529 g/mol. The van der Waals surface area contributed by atoms with Crippen LogP contribution in [0.25, 0.3) is 22.5 Å². The van der Waals surface area contributed by atoms with Crippen LogP contribution in [-0.2, 0) is 20.6 Å². The lowest BCUT2D eigenvalue weighted by Gasteiger charge is -2.32. The number of piperazine rings is 1. The van der Waals surface area contributed by atoms with Gasteiger partial charge < -0.3 is 24.3 Å². The summed E-state index contributed by atoms with van der Waals surface area (Å²) in [5.41, 5.74) is 4.06. The van der Waals surface area contributed by atoms with Crippen LogP contribution >= 0.6 is 0 Å². The molecule has 0 aromatic carbocycles. The fraction of sp³-hybridized carbons (Fsp3) is 0.429. The van der Waals surface area contributed by atoms with Crippen LogP contribution in [0.5, 0.6) is 11.6 Å². The lowest BCUT2D eigenvalue weighted by molar-refractivity contribution is 0.146. The van der Waals surface area contributed by atoms with E-state index in [2.05, 4.69) is 63.0 Å². The van der Waals surface area contributed by atoms with Crippen molar-refractivity contribution in [2.45, 2.75) is 26.0 Å². The number of aromatic nitrogens is 6. The lowest BCUT2D eigenvalue weighted by Crippen LogP contribution is -2.44. The Morgan fingerprint density at radius 2 is 1.85 bits per heavy atom. The molecule has 6 heterocycles. The first-order valence-corrected chi connectivity index (χ1v) is 13.4. The van der Waals surface area contributed by atoms with Crippen LogP contribution in [0.15, 0.2) is 43.0 Å². The molecule has 1 atom stereocenters. The summed E-state index contributed by atoms with van der Waals surface area (Å²) in [5.74, 6) is 3.22. The van der Waals surface area contributed by atoms with Gasteiger partial charge in [0.2, 0.25) is 5.88 Å². The maximum Gasteiger partial charge on any atom is 0.222 e. The van der Waals surface area contributed by atoms with Crippen LogP contribution in [0.3, 0.4) is 0 Å². The number of pyridine rings is 1. The Hall–Kier alpha value is -3.96. The molecule has 1 fully saturated rings. The van der Waals surface area contributed by atoms with Crippen LogP contribution in [0.1, 0.15) is 19.0 Å². The molecule has 4 aromatic rings. The van der Waals surface area contributed by atoms with Gasteiger partial charge in [-0.05, 0) is 26.1 Å². The summed E-state index contributed by atoms with van der Waals surface area (Å²) in [6, 6.07) is 6.01. The van der Waals surface area contributed by atoms with Crippen LogP contribution < -0.4 is 14.8 Å². The molecule has 0 unspecified atom stereocenters. The number of likely N-dealkylation sites (N-methyl/N-ethyl adjacent to an activating group) is 1. The minimum atomic E-state index is -0.0822. The molecular formula is C28H35N9O2. The number of ether oxygens (including phenoxy) is 2. The average Bonchev–Trinajstić information content (AvgIpc) is 3.47. The van der Waals surface area contributed by atoms with E-state index in [4.69, 9.17) is 19.4 Å². The van der Waals surface area contributed by atoms with E-state index < -0.39 is 0 Å². The Morgan fingerprint density at radius 1 is 1.00 bits per heavy atom. The molecule has 4 bridgehead atoms. The Labute approximate surface area is 228 Å². The van der Waals surface area contributed by atoms with E-state index in [9.17, 15) is 0 Å². The van der Waals surface area contributed by atoms with Crippen molar-refractivity contribution in [1.82, 2.24) is 39.1 Å². The van der Waals surface area contributed by atoms with E-state index in [1.54, 1.807) is 17.1 Å². The summed E-state index contributed by atoms with van der Waals surface area (Å²) in [7, 11) is 6.14. The summed E-state index contributed by atoms with van der Waals surface area (Å²) in [5, 5.41) is 7.67. The summed E-state index contributed by atoms with van der Waals surface area (Å²) < 4.78 is 16.6. The molecule has 1 saturated heterocycles. The predicted molar refractivity (Wildman–Crippen MR) is 149 cm³/mol. The van der Waals surface area contributed by atoms with Gasteiger partial charge >= 0.3 is 0 Å². The highest BCUT2D eigenvalue weighted by Crippen LogP contribution is 2.35. The maximum absolute atomic E-state index is 6.51. The molecule has 4 aromatic heterocycles. The Morgan fingerprint density at radius 3 is 2.69 bits per heavy atom. The van der Waals surface area contributed by atoms with E-state index in [-0.39, 0.29) is 6.10 Å². The van der Waals surface area contributed by atoms with E-state index in [0.29, 0.717) is 36.4 Å². The van der Waals surface area contributed by atoms with E-state index >= 15 is 0 Å². The number of anilines is 2. The summed E-state index contributed by atoms with van der Waals surface area (Å²) in [6.45, 7) is 7.82. The first kappa shape index (κ1) is 25.3. The molecule has 11 nitrogen and oxygen atoms in total. The second kappa shape index (κ2) is 10.7. The third-order valence-electron chi connectivity index (χ3n) is 7.39. The van der Waals surface area contributed by atoms with Gasteiger partial charge in [-0.2, -0.15) is 5.10 Å². The first-order valence-electron chi connectivity index (χ1n) is 13.4. The Bertz CT molecular complexity index is 1460. The van der Waals surface area contributed by atoms with E-state index in [1.165, 1.54) is 5.69 Å². The molecule has 0 radical (unpaired) electrons. The van der Waals surface area contributed by atoms with E-state index in [1.807, 2.05) is 25.4 Å². The quantitative estimate of drug-likeness (QED) is 0.429. The highest BCUT2D eigenvalue weighted by molar-refractivity contribution is 5.73. The predicted octanol–water partition coefficient (Wildman–Crippen LogP) is 3.32. The SMILES string of the molecule is C[C@H]1CCOc2c(cnn2C)-c2nccc(n2)Nc2cc(c(-c3cc(CN4CCN(C)CC4)n(C)c3)cn2)O1. The third-order valence-corrected chi connectivity index (χ3v) is 7.39. The number of hydrogen-bond donors (Lipinski definition) is 1. The molecule has 39 heavy (non-hydrogen) atoms. The fourth-order valence-corrected chi connectivity index (χ4v) is 5.01. The molecule has 1 N–H and O–H groups in total. The van der Waals surface area contributed by atoms with Crippen molar-refractivity contribution in [3.63, 3.8) is 0 Å². The fourth-order valence-electron chi connectivity index (χ4n) is 5.01. The molecule has 0 spiro atoms. The zero-order valence-corrected chi connectivity index (χ0v) is 23.0. The molecule has 2 aliphatic rings. The second-order valence-electron chi connectivity index (χ2n) is 10.4. The highest BCUT2D eigenvalue weighted by Gasteiger charge is 2.20. The molecule has 204 valence electrons. The minimum Gasteiger partial charge on any atom is -0.490 e. The first-order chi connectivity index (χ1) is 18.9. The van der Waals surface area contributed by atoms with Gasteiger partial charge in [0.1, 0.15) is 22.9 Å². The average molecular weight is 530 g/mol. The van der Waals surface area contributed by atoms with Crippen LogP contribution in [-0.4, -0.2) is 85.0 Å². The number of nitrogens with zero attached hydrogens (tertiary/aromatic N) is 8. The minimum absolute atomic E-state index is 0.0822.